The number of benzene rings is 1. The summed E-state index contributed by atoms with van der Waals surface area (Å²) >= 11 is 0. The van der Waals surface area contributed by atoms with E-state index in [-0.39, 0.29) is 5.78 Å². The van der Waals surface area contributed by atoms with E-state index in [9.17, 15) is 4.79 Å². The van der Waals surface area contributed by atoms with Gasteiger partial charge in [-0.25, -0.2) is 0 Å². The van der Waals surface area contributed by atoms with Gasteiger partial charge in [0.25, 0.3) is 0 Å². The van der Waals surface area contributed by atoms with E-state index in [2.05, 4.69) is 25.8 Å². The van der Waals surface area contributed by atoms with Gasteiger partial charge in [0.1, 0.15) is 5.75 Å². The van der Waals surface area contributed by atoms with Crippen molar-refractivity contribution in [3.63, 3.8) is 0 Å². The van der Waals surface area contributed by atoms with Crippen molar-refractivity contribution in [2.75, 3.05) is 0 Å². The number of aryl methyl sites for hydroxylation is 1. The van der Waals surface area contributed by atoms with Crippen molar-refractivity contribution in [2.45, 2.75) is 58.5 Å². The fraction of sp³-hybridized carbons (Fsp3) is 0.450. The van der Waals surface area contributed by atoms with Gasteiger partial charge >= 0.3 is 0 Å². The molecule has 0 N–H and O–H groups in total. The SMILES string of the molecule is C#CC(C)(CCC=C(C)C)Oc1ccc2c(c1)C(=O)CCC2. The van der Waals surface area contributed by atoms with Gasteiger partial charge in [-0.1, -0.05) is 23.6 Å². The van der Waals surface area contributed by atoms with E-state index in [4.69, 9.17) is 11.2 Å². The summed E-state index contributed by atoms with van der Waals surface area (Å²) in [6.07, 6.45) is 12.0. The van der Waals surface area contributed by atoms with Crippen LogP contribution in [0.15, 0.2) is 29.8 Å². The summed E-state index contributed by atoms with van der Waals surface area (Å²) in [7, 11) is 0. The number of carbonyl (C=O) groups is 1. The molecule has 0 radical (unpaired) electrons. The molecule has 0 spiro atoms. The first-order valence-electron chi connectivity index (χ1n) is 7.90. The van der Waals surface area contributed by atoms with Crippen LogP contribution in [0.4, 0.5) is 0 Å². The lowest BCUT2D eigenvalue weighted by atomic mass is 9.90. The van der Waals surface area contributed by atoms with Gasteiger partial charge in [-0.05, 0) is 57.7 Å². The summed E-state index contributed by atoms with van der Waals surface area (Å²) in [4.78, 5) is 12.0. The van der Waals surface area contributed by atoms with Crippen molar-refractivity contribution >= 4 is 5.78 Å². The molecule has 0 aromatic heterocycles. The van der Waals surface area contributed by atoms with Crippen molar-refractivity contribution < 1.29 is 9.53 Å². The lowest BCUT2D eigenvalue weighted by molar-refractivity contribution is 0.0970. The van der Waals surface area contributed by atoms with Gasteiger partial charge in [0.05, 0.1) is 0 Å². The molecule has 1 aromatic carbocycles. The lowest BCUT2D eigenvalue weighted by Crippen LogP contribution is -2.30. The maximum absolute atomic E-state index is 12.0. The molecule has 1 aliphatic carbocycles. The summed E-state index contributed by atoms with van der Waals surface area (Å²) in [5.41, 5.74) is 2.54. The standard InChI is InChI=1S/C20H24O2/c1-5-20(4,13-7-8-15(2)3)22-17-12-11-16-9-6-10-19(21)18(16)14-17/h1,8,11-12,14H,6-7,9-10,13H2,2-4H3. The summed E-state index contributed by atoms with van der Waals surface area (Å²) in [6.45, 7) is 6.07. The monoisotopic (exact) mass is 296 g/mol. The molecule has 0 aliphatic heterocycles. The number of Topliss-reactive ketones (excluding diaryl/α,β-unsaturated/α-hetero) is 1. The van der Waals surface area contributed by atoms with E-state index in [1.165, 1.54) is 5.57 Å². The Kier molecular flexibility index (Phi) is 5.08. The van der Waals surface area contributed by atoms with Crippen molar-refractivity contribution in [1.29, 1.82) is 0 Å². The summed E-state index contributed by atoms with van der Waals surface area (Å²) in [5.74, 6) is 3.65. The molecule has 0 heterocycles. The Labute approximate surface area is 133 Å². The van der Waals surface area contributed by atoms with Crippen LogP contribution < -0.4 is 4.74 Å². The molecule has 1 unspecified atom stereocenters. The predicted molar refractivity (Wildman–Crippen MR) is 90.2 cm³/mol. The summed E-state index contributed by atoms with van der Waals surface area (Å²) in [5, 5.41) is 0. The molecule has 1 atom stereocenters. The molecule has 1 aromatic rings. The van der Waals surface area contributed by atoms with Crippen LogP contribution >= 0.6 is 0 Å². The average Bonchev–Trinajstić information content (AvgIpc) is 2.48. The number of hydrogen-bond donors (Lipinski definition) is 0. The van der Waals surface area contributed by atoms with Crippen LogP contribution in [-0.4, -0.2) is 11.4 Å². The van der Waals surface area contributed by atoms with E-state index >= 15 is 0 Å². The van der Waals surface area contributed by atoms with Gasteiger partial charge in [0.2, 0.25) is 0 Å². The van der Waals surface area contributed by atoms with E-state index in [0.717, 1.165) is 36.8 Å². The second-order valence-corrected chi connectivity index (χ2v) is 6.39. The molecule has 2 nitrogen and oxygen atoms in total. The van der Waals surface area contributed by atoms with Gasteiger partial charge in [0.15, 0.2) is 11.4 Å². The number of allylic oxidation sites excluding steroid dienone is 2. The summed E-state index contributed by atoms with van der Waals surface area (Å²) in [6, 6.07) is 5.77. The third-order valence-electron chi connectivity index (χ3n) is 4.05. The Morgan fingerprint density at radius 1 is 1.41 bits per heavy atom. The van der Waals surface area contributed by atoms with Crippen molar-refractivity contribution in [1.82, 2.24) is 0 Å². The minimum absolute atomic E-state index is 0.207. The highest BCUT2D eigenvalue weighted by Crippen LogP contribution is 2.28. The Hall–Kier alpha value is -2.01. The number of ketones is 1. The number of rotatable bonds is 5. The third-order valence-corrected chi connectivity index (χ3v) is 4.05. The number of hydrogen-bond acceptors (Lipinski definition) is 2. The van der Waals surface area contributed by atoms with Crippen LogP contribution in [0.2, 0.25) is 0 Å². The van der Waals surface area contributed by atoms with Crippen LogP contribution in [0.1, 0.15) is 62.4 Å². The van der Waals surface area contributed by atoms with Crippen LogP contribution in [0, 0.1) is 12.3 Å². The van der Waals surface area contributed by atoms with E-state index in [1.807, 2.05) is 25.1 Å². The van der Waals surface area contributed by atoms with Crippen LogP contribution in [0.3, 0.4) is 0 Å². The highest BCUT2D eigenvalue weighted by atomic mass is 16.5. The number of carbonyl (C=O) groups excluding carboxylic acids is 1. The molecule has 0 fully saturated rings. The van der Waals surface area contributed by atoms with Crippen molar-refractivity contribution in [2.24, 2.45) is 0 Å². The topological polar surface area (TPSA) is 26.3 Å². The Bertz CT molecular complexity index is 630. The molecule has 2 rings (SSSR count). The minimum Gasteiger partial charge on any atom is -0.475 e. The maximum Gasteiger partial charge on any atom is 0.166 e. The summed E-state index contributed by atoms with van der Waals surface area (Å²) < 4.78 is 6.03. The first-order chi connectivity index (χ1) is 10.4. The fourth-order valence-corrected chi connectivity index (χ4v) is 2.72. The molecular weight excluding hydrogens is 272 g/mol. The van der Waals surface area contributed by atoms with Gasteiger partial charge < -0.3 is 4.74 Å². The van der Waals surface area contributed by atoms with Crippen molar-refractivity contribution in [3.8, 4) is 18.1 Å². The Balaban J connectivity index is 2.14. The van der Waals surface area contributed by atoms with Crippen LogP contribution in [0.5, 0.6) is 5.75 Å². The highest BCUT2D eigenvalue weighted by molar-refractivity contribution is 5.98. The molecule has 1 aliphatic rings. The van der Waals surface area contributed by atoms with Crippen LogP contribution in [0.25, 0.3) is 0 Å². The zero-order chi connectivity index (χ0) is 16.2. The lowest BCUT2D eigenvalue weighted by Gasteiger charge is -2.26. The average molecular weight is 296 g/mol. The first-order valence-corrected chi connectivity index (χ1v) is 7.90. The van der Waals surface area contributed by atoms with E-state index in [0.29, 0.717) is 12.2 Å². The Morgan fingerprint density at radius 2 is 2.18 bits per heavy atom. The molecule has 22 heavy (non-hydrogen) atoms. The fourth-order valence-electron chi connectivity index (χ4n) is 2.72. The normalized spacial score (nSPS) is 16.2. The first kappa shape index (κ1) is 16.4. The maximum atomic E-state index is 12.0. The molecular formula is C20H24O2. The minimum atomic E-state index is -0.655. The molecule has 0 saturated carbocycles. The van der Waals surface area contributed by atoms with Gasteiger partial charge in [-0.3, -0.25) is 4.79 Å². The second-order valence-electron chi connectivity index (χ2n) is 6.39. The smallest absolute Gasteiger partial charge is 0.166 e. The van der Waals surface area contributed by atoms with Crippen molar-refractivity contribution in [3.05, 3.63) is 41.0 Å². The molecule has 2 heteroatoms. The zero-order valence-electron chi connectivity index (χ0n) is 13.7. The number of ether oxygens (including phenoxy) is 1. The predicted octanol–water partition coefficient (Wildman–Crippen LogP) is 4.72. The molecule has 116 valence electrons. The largest absolute Gasteiger partial charge is 0.475 e. The van der Waals surface area contributed by atoms with E-state index < -0.39 is 5.60 Å². The highest BCUT2D eigenvalue weighted by Gasteiger charge is 2.24. The van der Waals surface area contributed by atoms with Gasteiger partial charge in [-0.2, -0.15) is 0 Å². The molecule has 0 saturated heterocycles. The molecule has 0 bridgehead atoms. The number of fused-ring (bicyclic) bond motifs is 1. The van der Waals surface area contributed by atoms with Gasteiger partial charge in [0, 0.05) is 18.4 Å². The van der Waals surface area contributed by atoms with E-state index in [1.54, 1.807) is 0 Å². The Morgan fingerprint density at radius 3 is 2.86 bits per heavy atom. The quantitative estimate of drug-likeness (QED) is 0.580. The molecule has 0 amide bonds. The second kappa shape index (κ2) is 6.83. The zero-order valence-corrected chi connectivity index (χ0v) is 13.7. The number of terminal acetylenes is 1. The third kappa shape index (κ3) is 4.01. The van der Waals surface area contributed by atoms with Gasteiger partial charge in [-0.15, -0.1) is 6.42 Å². The van der Waals surface area contributed by atoms with Crippen LogP contribution in [-0.2, 0) is 6.42 Å².